The van der Waals surface area contributed by atoms with Crippen LogP contribution in [-0.2, 0) is 4.79 Å². The Morgan fingerprint density at radius 2 is 1.37 bits per heavy atom. The van der Waals surface area contributed by atoms with E-state index in [2.05, 4.69) is 16.0 Å². The van der Waals surface area contributed by atoms with Crippen molar-refractivity contribution < 1.29 is 9.59 Å². The van der Waals surface area contributed by atoms with Crippen molar-refractivity contribution in [1.82, 2.24) is 0 Å². The number of para-hydroxylation sites is 1. The molecule has 0 aromatic heterocycles. The SMILES string of the molecule is CCC(CC)(CN)C(=O)Nc1cccc(NC(=O)Nc2ccccc2)c1.Cl. The smallest absolute Gasteiger partial charge is 0.323 e. The first-order valence-corrected chi connectivity index (χ1v) is 8.77. The zero-order chi connectivity index (χ0) is 19.0. The molecule has 27 heavy (non-hydrogen) atoms. The van der Waals surface area contributed by atoms with E-state index in [1.54, 1.807) is 36.4 Å². The molecule has 0 aliphatic rings. The van der Waals surface area contributed by atoms with E-state index in [9.17, 15) is 9.59 Å². The maximum absolute atomic E-state index is 12.6. The number of hydrogen-bond acceptors (Lipinski definition) is 3. The van der Waals surface area contributed by atoms with Crippen LogP contribution in [-0.4, -0.2) is 18.5 Å². The van der Waals surface area contributed by atoms with E-state index in [0.717, 1.165) is 0 Å². The molecule has 0 atom stereocenters. The normalized spacial score (nSPS) is 10.5. The van der Waals surface area contributed by atoms with Gasteiger partial charge in [-0.3, -0.25) is 4.79 Å². The number of carbonyl (C=O) groups excluding carboxylic acids is 2. The second-order valence-corrected chi connectivity index (χ2v) is 6.17. The zero-order valence-electron chi connectivity index (χ0n) is 15.6. The largest absolute Gasteiger partial charge is 0.329 e. The number of anilines is 3. The molecule has 2 aromatic rings. The van der Waals surface area contributed by atoms with E-state index >= 15 is 0 Å². The molecular weight excluding hydrogens is 364 g/mol. The van der Waals surface area contributed by atoms with Crippen molar-refractivity contribution in [3.8, 4) is 0 Å². The zero-order valence-corrected chi connectivity index (χ0v) is 16.4. The predicted molar refractivity (Wildman–Crippen MR) is 113 cm³/mol. The first kappa shape index (κ1) is 22.5. The summed E-state index contributed by atoms with van der Waals surface area (Å²) in [7, 11) is 0. The van der Waals surface area contributed by atoms with Gasteiger partial charge < -0.3 is 21.7 Å². The highest BCUT2D eigenvalue weighted by Gasteiger charge is 2.33. The van der Waals surface area contributed by atoms with Crippen LogP contribution in [0.5, 0.6) is 0 Å². The molecule has 0 bridgehead atoms. The average Bonchev–Trinajstić information content (AvgIpc) is 2.64. The second kappa shape index (κ2) is 10.5. The van der Waals surface area contributed by atoms with Crippen LogP contribution in [0.4, 0.5) is 21.9 Å². The lowest BCUT2D eigenvalue weighted by Crippen LogP contribution is -2.41. The molecule has 3 amide bonds. The van der Waals surface area contributed by atoms with Crippen LogP contribution in [0.1, 0.15) is 26.7 Å². The maximum atomic E-state index is 12.6. The quantitative estimate of drug-likeness (QED) is 0.562. The van der Waals surface area contributed by atoms with Gasteiger partial charge in [0.2, 0.25) is 5.91 Å². The van der Waals surface area contributed by atoms with E-state index in [-0.39, 0.29) is 24.3 Å². The average molecular weight is 391 g/mol. The Bertz CT molecular complexity index is 740. The molecule has 0 radical (unpaired) electrons. The molecule has 0 aliphatic carbocycles. The number of benzene rings is 2. The van der Waals surface area contributed by atoms with Gasteiger partial charge in [-0.05, 0) is 43.2 Å². The second-order valence-electron chi connectivity index (χ2n) is 6.17. The summed E-state index contributed by atoms with van der Waals surface area (Å²) in [5.41, 5.74) is 7.16. The molecule has 0 saturated heterocycles. The molecule has 2 aromatic carbocycles. The van der Waals surface area contributed by atoms with Crippen LogP contribution in [0.25, 0.3) is 0 Å². The Morgan fingerprint density at radius 1 is 0.852 bits per heavy atom. The first-order chi connectivity index (χ1) is 12.5. The van der Waals surface area contributed by atoms with Gasteiger partial charge in [0.1, 0.15) is 0 Å². The lowest BCUT2D eigenvalue weighted by Gasteiger charge is -2.28. The Hall–Kier alpha value is -2.57. The lowest BCUT2D eigenvalue weighted by molar-refractivity contribution is -0.125. The summed E-state index contributed by atoms with van der Waals surface area (Å²) < 4.78 is 0. The first-order valence-electron chi connectivity index (χ1n) is 8.77. The minimum absolute atomic E-state index is 0. The number of nitrogens with one attached hydrogen (secondary N) is 3. The fourth-order valence-corrected chi connectivity index (χ4v) is 2.71. The molecule has 0 fully saturated rings. The van der Waals surface area contributed by atoms with Crippen LogP contribution < -0.4 is 21.7 Å². The Labute approximate surface area is 166 Å². The number of nitrogens with two attached hydrogens (primary N) is 1. The number of rotatable bonds is 7. The van der Waals surface area contributed by atoms with Crippen LogP contribution in [0.2, 0.25) is 0 Å². The van der Waals surface area contributed by atoms with Gasteiger partial charge in [0.05, 0.1) is 5.41 Å². The number of urea groups is 1. The van der Waals surface area contributed by atoms with Gasteiger partial charge in [0.15, 0.2) is 0 Å². The van der Waals surface area contributed by atoms with E-state index in [4.69, 9.17) is 5.73 Å². The molecule has 0 heterocycles. The molecule has 0 aliphatic heterocycles. The number of carbonyl (C=O) groups is 2. The van der Waals surface area contributed by atoms with Crippen molar-refractivity contribution in [3.05, 3.63) is 54.6 Å². The minimum Gasteiger partial charge on any atom is -0.329 e. The third-order valence-electron chi connectivity index (χ3n) is 4.64. The van der Waals surface area contributed by atoms with Crippen molar-refractivity contribution in [2.45, 2.75) is 26.7 Å². The standard InChI is InChI=1S/C20H26N4O2.ClH/c1-3-20(4-2,14-21)18(25)22-16-11-8-12-17(13-16)24-19(26)23-15-9-6-5-7-10-15;/h5-13H,3-4,14,21H2,1-2H3,(H,22,25)(H2,23,24,26);1H. The summed E-state index contributed by atoms with van der Waals surface area (Å²) in [4.78, 5) is 24.7. The Balaban J connectivity index is 0.00000364. The van der Waals surface area contributed by atoms with Crippen molar-refractivity contribution in [1.29, 1.82) is 0 Å². The van der Waals surface area contributed by atoms with Crippen LogP contribution in [0, 0.1) is 5.41 Å². The highest BCUT2D eigenvalue weighted by atomic mass is 35.5. The van der Waals surface area contributed by atoms with Crippen molar-refractivity contribution >= 4 is 41.4 Å². The molecule has 0 spiro atoms. The van der Waals surface area contributed by atoms with Gasteiger partial charge in [0, 0.05) is 23.6 Å². The topological polar surface area (TPSA) is 96.2 Å². The molecular formula is C20H27ClN4O2. The number of amides is 3. The maximum Gasteiger partial charge on any atom is 0.323 e. The third-order valence-corrected chi connectivity index (χ3v) is 4.64. The molecule has 7 heteroatoms. The Morgan fingerprint density at radius 3 is 1.93 bits per heavy atom. The van der Waals surface area contributed by atoms with Gasteiger partial charge in [-0.1, -0.05) is 38.1 Å². The van der Waals surface area contributed by atoms with Crippen LogP contribution in [0.15, 0.2) is 54.6 Å². The molecule has 5 N–H and O–H groups in total. The highest BCUT2D eigenvalue weighted by molar-refractivity contribution is 6.01. The fraction of sp³-hybridized carbons (Fsp3) is 0.300. The fourth-order valence-electron chi connectivity index (χ4n) is 2.71. The van der Waals surface area contributed by atoms with Crippen molar-refractivity contribution in [2.24, 2.45) is 11.1 Å². The minimum atomic E-state index is -0.575. The lowest BCUT2D eigenvalue weighted by atomic mass is 9.81. The summed E-state index contributed by atoms with van der Waals surface area (Å²) in [5, 5.41) is 8.42. The third kappa shape index (κ3) is 5.98. The highest BCUT2D eigenvalue weighted by Crippen LogP contribution is 2.27. The summed E-state index contributed by atoms with van der Waals surface area (Å²) in [5.74, 6) is -0.101. The number of hydrogen-bond donors (Lipinski definition) is 4. The summed E-state index contributed by atoms with van der Waals surface area (Å²) in [6.45, 7) is 4.22. The Kier molecular flexibility index (Phi) is 8.78. The summed E-state index contributed by atoms with van der Waals surface area (Å²) in [6, 6.07) is 15.9. The van der Waals surface area contributed by atoms with Crippen LogP contribution in [0.3, 0.4) is 0 Å². The molecule has 0 unspecified atom stereocenters. The van der Waals surface area contributed by atoms with Gasteiger partial charge >= 0.3 is 6.03 Å². The van der Waals surface area contributed by atoms with E-state index in [1.165, 1.54) is 0 Å². The van der Waals surface area contributed by atoms with E-state index in [1.807, 2.05) is 32.0 Å². The molecule has 6 nitrogen and oxygen atoms in total. The van der Waals surface area contributed by atoms with Gasteiger partial charge in [-0.2, -0.15) is 0 Å². The van der Waals surface area contributed by atoms with Crippen LogP contribution >= 0.6 is 12.4 Å². The predicted octanol–water partition coefficient (Wildman–Crippen LogP) is 4.46. The molecule has 2 rings (SSSR count). The van der Waals surface area contributed by atoms with Gasteiger partial charge in [0.25, 0.3) is 0 Å². The summed E-state index contributed by atoms with van der Waals surface area (Å²) >= 11 is 0. The van der Waals surface area contributed by atoms with Crippen molar-refractivity contribution in [3.63, 3.8) is 0 Å². The summed E-state index contributed by atoms with van der Waals surface area (Å²) in [6.07, 6.45) is 1.34. The monoisotopic (exact) mass is 390 g/mol. The van der Waals surface area contributed by atoms with E-state index < -0.39 is 5.41 Å². The van der Waals surface area contributed by atoms with Gasteiger partial charge in [-0.25, -0.2) is 4.79 Å². The van der Waals surface area contributed by atoms with Gasteiger partial charge in [-0.15, -0.1) is 12.4 Å². The molecule has 0 saturated carbocycles. The number of halogens is 1. The molecule has 146 valence electrons. The van der Waals surface area contributed by atoms with Crippen molar-refractivity contribution in [2.75, 3.05) is 22.5 Å². The van der Waals surface area contributed by atoms with E-state index in [0.29, 0.717) is 36.4 Å².